The third kappa shape index (κ3) is 4.33. The number of rotatable bonds is 6. The lowest BCUT2D eigenvalue weighted by atomic mass is 9.98. The van der Waals surface area contributed by atoms with Crippen molar-refractivity contribution in [2.75, 3.05) is 5.32 Å². The Morgan fingerprint density at radius 3 is 2.75 bits per heavy atom. The Balaban J connectivity index is 1.59. The molecule has 0 saturated heterocycles. The SMILES string of the molecule is CCC(C)c1ccc2oc(-c3cccc(NC(=O)c4ccc(Cl)c([N+](=O)[O-])c4)c3)nc2c1. The second kappa shape index (κ2) is 8.80. The van der Waals surface area contributed by atoms with Crippen LogP contribution in [0.1, 0.15) is 42.1 Å². The molecule has 3 aromatic carbocycles. The largest absolute Gasteiger partial charge is 0.436 e. The molecule has 0 radical (unpaired) electrons. The van der Waals surface area contributed by atoms with E-state index in [0.717, 1.165) is 18.0 Å². The highest BCUT2D eigenvalue weighted by molar-refractivity contribution is 6.32. The molecule has 0 fully saturated rings. The quantitative estimate of drug-likeness (QED) is 0.257. The number of fused-ring (bicyclic) bond motifs is 1. The molecule has 8 heteroatoms. The first-order valence-corrected chi connectivity index (χ1v) is 10.5. The molecule has 1 unspecified atom stereocenters. The Morgan fingerprint density at radius 1 is 1.19 bits per heavy atom. The molecule has 1 aromatic heterocycles. The van der Waals surface area contributed by atoms with Crippen LogP contribution in [0.2, 0.25) is 5.02 Å². The maximum Gasteiger partial charge on any atom is 0.288 e. The number of carbonyl (C=O) groups excluding carboxylic acids is 1. The molecular formula is C24H20ClN3O4. The number of hydrogen-bond donors (Lipinski definition) is 1. The van der Waals surface area contributed by atoms with Crippen LogP contribution in [-0.2, 0) is 0 Å². The number of aromatic nitrogens is 1. The van der Waals surface area contributed by atoms with E-state index < -0.39 is 10.8 Å². The van der Waals surface area contributed by atoms with Crippen LogP contribution in [0.25, 0.3) is 22.6 Å². The van der Waals surface area contributed by atoms with Gasteiger partial charge in [-0.3, -0.25) is 14.9 Å². The van der Waals surface area contributed by atoms with Gasteiger partial charge in [-0.05, 0) is 60.4 Å². The summed E-state index contributed by atoms with van der Waals surface area (Å²) < 4.78 is 5.91. The second-order valence-electron chi connectivity index (χ2n) is 7.51. The molecule has 0 aliphatic heterocycles. The summed E-state index contributed by atoms with van der Waals surface area (Å²) >= 11 is 5.82. The Kier molecular flexibility index (Phi) is 5.92. The molecule has 32 heavy (non-hydrogen) atoms. The molecular weight excluding hydrogens is 430 g/mol. The number of nitro groups is 1. The summed E-state index contributed by atoms with van der Waals surface area (Å²) in [7, 11) is 0. The molecule has 7 nitrogen and oxygen atoms in total. The Labute approximate surface area is 189 Å². The van der Waals surface area contributed by atoms with E-state index in [4.69, 9.17) is 16.0 Å². The van der Waals surface area contributed by atoms with E-state index >= 15 is 0 Å². The number of halogens is 1. The number of oxazole rings is 1. The molecule has 0 aliphatic rings. The average molecular weight is 450 g/mol. The van der Waals surface area contributed by atoms with Crippen molar-refractivity contribution in [2.45, 2.75) is 26.2 Å². The highest BCUT2D eigenvalue weighted by atomic mass is 35.5. The van der Waals surface area contributed by atoms with Gasteiger partial charge in [-0.2, -0.15) is 0 Å². The lowest BCUT2D eigenvalue weighted by Gasteiger charge is -2.07. The Morgan fingerprint density at radius 2 is 2.00 bits per heavy atom. The first kappa shape index (κ1) is 21.5. The molecule has 1 N–H and O–H groups in total. The summed E-state index contributed by atoms with van der Waals surface area (Å²) in [5.41, 5.74) is 3.69. The Hall–Kier alpha value is -3.71. The van der Waals surface area contributed by atoms with E-state index in [1.165, 1.54) is 17.7 Å². The maximum atomic E-state index is 12.6. The van der Waals surface area contributed by atoms with Gasteiger partial charge in [-0.1, -0.05) is 37.6 Å². The van der Waals surface area contributed by atoms with E-state index in [2.05, 4.69) is 24.1 Å². The molecule has 4 rings (SSSR count). The van der Waals surface area contributed by atoms with E-state index in [0.29, 0.717) is 28.6 Å². The summed E-state index contributed by atoms with van der Waals surface area (Å²) in [5.74, 6) is 0.388. The summed E-state index contributed by atoms with van der Waals surface area (Å²) in [5, 5.41) is 13.8. The molecule has 0 spiro atoms. The summed E-state index contributed by atoms with van der Waals surface area (Å²) in [6, 6.07) is 17.0. The van der Waals surface area contributed by atoms with Crippen LogP contribution in [-0.4, -0.2) is 15.8 Å². The van der Waals surface area contributed by atoms with Crippen LogP contribution in [0.3, 0.4) is 0 Å². The van der Waals surface area contributed by atoms with Gasteiger partial charge < -0.3 is 9.73 Å². The fourth-order valence-electron chi connectivity index (χ4n) is 3.34. The lowest BCUT2D eigenvalue weighted by Crippen LogP contribution is -2.12. The van der Waals surface area contributed by atoms with Crippen LogP contribution >= 0.6 is 11.6 Å². The van der Waals surface area contributed by atoms with Crippen LogP contribution in [0.5, 0.6) is 0 Å². The van der Waals surface area contributed by atoms with Gasteiger partial charge in [-0.15, -0.1) is 0 Å². The number of anilines is 1. The minimum atomic E-state index is -0.625. The Bertz CT molecular complexity index is 1330. The minimum absolute atomic E-state index is 0.0269. The zero-order valence-electron chi connectivity index (χ0n) is 17.5. The molecule has 162 valence electrons. The van der Waals surface area contributed by atoms with Crippen molar-refractivity contribution >= 4 is 40.0 Å². The first-order chi connectivity index (χ1) is 15.4. The molecule has 4 aromatic rings. The van der Waals surface area contributed by atoms with Crippen molar-refractivity contribution in [2.24, 2.45) is 0 Å². The van der Waals surface area contributed by atoms with E-state index in [9.17, 15) is 14.9 Å². The standard InChI is InChI=1S/C24H20ClN3O4/c1-3-14(2)15-8-10-22-20(12-15)27-24(32-22)17-5-4-6-18(11-17)26-23(29)16-7-9-19(25)21(13-16)28(30)31/h4-14H,3H2,1-2H3,(H,26,29). The number of nitrogens with zero attached hydrogens (tertiary/aromatic N) is 2. The molecule has 1 atom stereocenters. The maximum absolute atomic E-state index is 12.6. The topological polar surface area (TPSA) is 98.3 Å². The first-order valence-electron chi connectivity index (χ1n) is 10.1. The molecule has 0 saturated carbocycles. The van der Waals surface area contributed by atoms with Gasteiger partial charge in [0.1, 0.15) is 10.5 Å². The number of benzene rings is 3. The number of nitrogens with one attached hydrogen (secondary N) is 1. The van der Waals surface area contributed by atoms with Crippen molar-refractivity contribution < 1.29 is 14.1 Å². The normalized spacial score (nSPS) is 12.0. The van der Waals surface area contributed by atoms with Gasteiger partial charge in [-0.25, -0.2) is 4.98 Å². The molecule has 0 aliphatic carbocycles. The van der Waals surface area contributed by atoms with Crippen molar-refractivity contribution in [3.8, 4) is 11.5 Å². The van der Waals surface area contributed by atoms with Gasteiger partial charge in [0.2, 0.25) is 5.89 Å². The predicted octanol–water partition coefficient (Wildman–Crippen LogP) is 6.82. The third-order valence-corrected chi connectivity index (χ3v) is 5.69. The molecule has 1 heterocycles. The number of hydrogen-bond acceptors (Lipinski definition) is 5. The van der Waals surface area contributed by atoms with Crippen LogP contribution < -0.4 is 5.32 Å². The van der Waals surface area contributed by atoms with Crippen LogP contribution in [0, 0.1) is 10.1 Å². The monoisotopic (exact) mass is 449 g/mol. The predicted molar refractivity (Wildman–Crippen MR) is 124 cm³/mol. The van der Waals surface area contributed by atoms with Gasteiger partial charge in [0, 0.05) is 22.9 Å². The highest BCUT2D eigenvalue weighted by Gasteiger charge is 2.17. The zero-order chi connectivity index (χ0) is 22.8. The van der Waals surface area contributed by atoms with E-state index in [-0.39, 0.29) is 16.3 Å². The molecule has 0 bridgehead atoms. The van der Waals surface area contributed by atoms with Gasteiger partial charge in [0.25, 0.3) is 11.6 Å². The van der Waals surface area contributed by atoms with Gasteiger partial charge >= 0.3 is 0 Å². The zero-order valence-corrected chi connectivity index (χ0v) is 18.2. The van der Waals surface area contributed by atoms with Crippen molar-refractivity contribution in [3.63, 3.8) is 0 Å². The minimum Gasteiger partial charge on any atom is -0.436 e. The van der Waals surface area contributed by atoms with Crippen LogP contribution in [0.15, 0.2) is 65.1 Å². The second-order valence-corrected chi connectivity index (χ2v) is 7.92. The number of amides is 1. The van der Waals surface area contributed by atoms with Crippen molar-refractivity contribution in [1.29, 1.82) is 0 Å². The van der Waals surface area contributed by atoms with Gasteiger partial charge in [0.15, 0.2) is 5.58 Å². The fraction of sp³-hybridized carbons (Fsp3) is 0.167. The summed E-state index contributed by atoms with van der Waals surface area (Å²) in [6.45, 7) is 4.31. The van der Waals surface area contributed by atoms with E-state index in [1.807, 2.05) is 24.3 Å². The average Bonchev–Trinajstić information content (AvgIpc) is 3.22. The summed E-state index contributed by atoms with van der Waals surface area (Å²) in [4.78, 5) is 27.7. The molecule has 1 amide bonds. The van der Waals surface area contributed by atoms with Crippen molar-refractivity contribution in [1.82, 2.24) is 4.98 Å². The van der Waals surface area contributed by atoms with E-state index in [1.54, 1.807) is 18.2 Å². The number of carbonyl (C=O) groups is 1. The smallest absolute Gasteiger partial charge is 0.288 e. The van der Waals surface area contributed by atoms with Crippen molar-refractivity contribution in [3.05, 3.63) is 86.9 Å². The summed E-state index contributed by atoms with van der Waals surface area (Å²) in [6.07, 6.45) is 1.04. The van der Waals surface area contributed by atoms with Gasteiger partial charge in [0.05, 0.1) is 4.92 Å². The van der Waals surface area contributed by atoms with Crippen LogP contribution in [0.4, 0.5) is 11.4 Å². The number of nitro benzene ring substituents is 1. The highest BCUT2D eigenvalue weighted by Crippen LogP contribution is 2.30. The lowest BCUT2D eigenvalue weighted by molar-refractivity contribution is -0.384. The fourth-order valence-corrected chi connectivity index (χ4v) is 3.52. The third-order valence-electron chi connectivity index (χ3n) is 5.37.